The lowest BCUT2D eigenvalue weighted by atomic mass is 9.88. The van der Waals surface area contributed by atoms with Crippen LogP contribution in [-0.4, -0.2) is 24.7 Å². The Morgan fingerprint density at radius 1 is 1.37 bits per heavy atom. The number of rotatable bonds is 7. The van der Waals surface area contributed by atoms with Crippen LogP contribution in [0.4, 0.5) is 0 Å². The Bertz CT molecular complexity index is 436. The SMILES string of the molecule is C#CCNC(CC)(Cc1ccccc1)C(=O)OCC. The van der Waals surface area contributed by atoms with Gasteiger partial charge in [0.15, 0.2) is 0 Å². The highest BCUT2D eigenvalue weighted by Gasteiger charge is 2.37. The predicted molar refractivity (Wildman–Crippen MR) is 76.6 cm³/mol. The smallest absolute Gasteiger partial charge is 0.326 e. The zero-order valence-corrected chi connectivity index (χ0v) is 11.6. The maximum atomic E-state index is 12.3. The van der Waals surface area contributed by atoms with Gasteiger partial charge in [-0.2, -0.15) is 0 Å². The van der Waals surface area contributed by atoms with E-state index < -0.39 is 5.54 Å². The first-order valence-corrected chi connectivity index (χ1v) is 6.58. The lowest BCUT2D eigenvalue weighted by molar-refractivity contribution is -0.151. The maximum Gasteiger partial charge on any atom is 0.326 e. The lowest BCUT2D eigenvalue weighted by Gasteiger charge is -2.31. The quantitative estimate of drug-likeness (QED) is 0.602. The summed E-state index contributed by atoms with van der Waals surface area (Å²) in [4.78, 5) is 12.3. The van der Waals surface area contributed by atoms with Gasteiger partial charge < -0.3 is 4.74 Å². The molecule has 0 aliphatic carbocycles. The fourth-order valence-corrected chi connectivity index (χ4v) is 2.03. The van der Waals surface area contributed by atoms with Crippen LogP contribution in [0.2, 0.25) is 0 Å². The number of carbonyl (C=O) groups is 1. The van der Waals surface area contributed by atoms with Crippen molar-refractivity contribution in [2.24, 2.45) is 0 Å². The first-order valence-electron chi connectivity index (χ1n) is 6.58. The van der Waals surface area contributed by atoms with Gasteiger partial charge in [-0.3, -0.25) is 10.1 Å². The highest BCUT2D eigenvalue weighted by atomic mass is 16.5. The molecule has 3 nitrogen and oxygen atoms in total. The van der Waals surface area contributed by atoms with E-state index in [1.165, 1.54) is 0 Å². The Morgan fingerprint density at radius 3 is 2.58 bits per heavy atom. The van der Waals surface area contributed by atoms with Crippen LogP contribution >= 0.6 is 0 Å². The molecule has 0 bridgehead atoms. The standard InChI is InChI=1S/C16H21NO2/c1-4-12-17-16(5-2,15(18)19-6-3)13-14-10-8-7-9-11-14/h1,7-11,17H,5-6,12-13H2,2-3H3. The molecule has 0 aliphatic rings. The Hall–Kier alpha value is -1.79. The molecule has 102 valence electrons. The van der Waals surface area contributed by atoms with Gasteiger partial charge in [-0.25, -0.2) is 0 Å². The summed E-state index contributed by atoms with van der Waals surface area (Å²) in [6, 6.07) is 9.88. The third-order valence-corrected chi connectivity index (χ3v) is 3.15. The summed E-state index contributed by atoms with van der Waals surface area (Å²) in [6.07, 6.45) is 6.49. The third kappa shape index (κ3) is 4.11. The molecule has 1 aromatic rings. The average Bonchev–Trinajstić information content (AvgIpc) is 2.45. The normalized spacial score (nSPS) is 13.3. The fourth-order valence-electron chi connectivity index (χ4n) is 2.03. The molecule has 0 radical (unpaired) electrons. The van der Waals surface area contributed by atoms with Crippen molar-refractivity contribution >= 4 is 5.97 Å². The predicted octanol–water partition coefficient (Wildman–Crippen LogP) is 2.16. The summed E-state index contributed by atoms with van der Waals surface area (Å²) < 4.78 is 5.20. The molecule has 0 aliphatic heterocycles. The Balaban J connectivity index is 2.95. The van der Waals surface area contributed by atoms with Crippen LogP contribution in [0.3, 0.4) is 0 Å². The largest absolute Gasteiger partial charge is 0.465 e. The van der Waals surface area contributed by atoms with Crippen molar-refractivity contribution in [3.63, 3.8) is 0 Å². The van der Waals surface area contributed by atoms with E-state index in [1.54, 1.807) is 0 Å². The molecule has 0 amide bonds. The minimum Gasteiger partial charge on any atom is -0.465 e. The Labute approximate surface area is 115 Å². The van der Waals surface area contributed by atoms with E-state index in [9.17, 15) is 4.79 Å². The molecule has 3 heteroatoms. The molecule has 1 unspecified atom stereocenters. The van der Waals surface area contributed by atoms with E-state index in [1.807, 2.05) is 44.2 Å². The van der Waals surface area contributed by atoms with Crippen LogP contribution in [-0.2, 0) is 16.0 Å². The third-order valence-electron chi connectivity index (χ3n) is 3.15. The molecule has 0 saturated carbocycles. The van der Waals surface area contributed by atoms with Gasteiger partial charge >= 0.3 is 5.97 Å². The fraction of sp³-hybridized carbons (Fsp3) is 0.438. The van der Waals surface area contributed by atoms with Crippen LogP contribution in [0.5, 0.6) is 0 Å². The minimum atomic E-state index is -0.746. The second-order valence-electron chi connectivity index (χ2n) is 4.38. The van der Waals surface area contributed by atoms with E-state index in [-0.39, 0.29) is 5.97 Å². The molecular formula is C16H21NO2. The summed E-state index contributed by atoms with van der Waals surface area (Å²) >= 11 is 0. The van der Waals surface area contributed by atoms with Gasteiger partial charge in [0.2, 0.25) is 0 Å². The second kappa shape index (κ2) is 7.60. The zero-order valence-electron chi connectivity index (χ0n) is 11.6. The molecule has 1 aromatic carbocycles. The molecular weight excluding hydrogens is 238 g/mol. The van der Waals surface area contributed by atoms with Crippen LogP contribution < -0.4 is 5.32 Å². The van der Waals surface area contributed by atoms with Crippen molar-refractivity contribution < 1.29 is 9.53 Å². The van der Waals surface area contributed by atoms with E-state index in [2.05, 4.69) is 11.2 Å². The molecule has 1 atom stereocenters. The molecule has 1 N–H and O–H groups in total. The topological polar surface area (TPSA) is 38.3 Å². The zero-order chi connectivity index (χ0) is 14.1. The minimum absolute atomic E-state index is 0.239. The van der Waals surface area contributed by atoms with Gasteiger partial charge in [0.1, 0.15) is 5.54 Å². The summed E-state index contributed by atoms with van der Waals surface area (Å²) in [5.41, 5.74) is 0.339. The van der Waals surface area contributed by atoms with Crippen LogP contribution in [0.15, 0.2) is 30.3 Å². The van der Waals surface area contributed by atoms with E-state index in [0.717, 1.165) is 5.56 Å². The van der Waals surface area contributed by atoms with Crippen molar-refractivity contribution in [2.45, 2.75) is 32.2 Å². The average molecular weight is 259 g/mol. The molecule has 0 aromatic heterocycles. The van der Waals surface area contributed by atoms with Crippen LogP contribution in [0.25, 0.3) is 0 Å². The molecule has 0 saturated heterocycles. The Kier molecular flexibility index (Phi) is 6.11. The van der Waals surface area contributed by atoms with Crippen molar-refractivity contribution in [2.75, 3.05) is 13.2 Å². The van der Waals surface area contributed by atoms with Crippen molar-refractivity contribution in [3.8, 4) is 12.3 Å². The van der Waals surface area contributed by atoms with Gasteiger partial charge in [-0.15, -0.1) is 6.42 Å². The van der Waals surface area contributed by atoms with Gasteiger partial charge in [0, 0.05) is 6.42 Å². The number of hydrogen-bond acceptors (Lipinski definition) is 3. The van der Waals surface area contributed by atoms with Crippen molar-refractivity contribution in [3.05, 3.63) is 35.9 Å². The summed E-state index contributed by atoms with van der Waals surface area (Å²) in [5.74, 6) is 2.28. The molecule has 19 heavy (non-hydrogen) atoms. The summed E-state index contributed by atoms with van der Waals surface area (Å²) in [6.45, 7) is 4.48. The monoisotopic (exact) mass is 259 g/mol. The Morgan fingerprint density at radius 2 is 2.05 bits per heavy atom. The number of hydrogen-bond donors (Lipinski definition) is 1. The number of carbonyl (C=O) groups excluding carboxylic acids is 1. The van der Waals surface area contributed by atoms with Gasteiger partial charge in [-0.05, 0) is 18.9 Å². The first-order chi connectivity index (χ1) is 9.18. The van der Waals surface area contributed by atoms with E-state index >= 15 is 0 Å². The van der Waals surface area contributed by atoms with Gasteiger partial charge in [0.25, 0.3) is 0 Å². The second-order valence-corrected chi connectivity index (χ2v) is 4.38. The van der Waals surface area contributed by atoms with Gasteiger partial charge in [-0.1, -0.05) is 43.2 Å². The van der Waals surface area contributed by atoms with Crippen molar-refractivity contribution in [1.82, 2.24) is 5.32 Å². The molecule has 0 heterocycles. The number of ether oxygens (including phenoxy) is 1. The number of terminal acetylenes is 1. The number of nitrogens with one attached hydrogen (secondary N) is 1. The number of benzene rings is 1. The van der Waals surface area contributed by atoms with E-state index in [0.29, 0.717) is 26.0 Å². The van der Waals surface area contributed by atoms with Crippen molar-refractivity contribution in [1.29, 1.82) is 0 Å². The molecule has 0 fully saturated rings. The lowest BCUT2D eigenvalue weighted by Crippen LogP contribution is -2.54. The molecule has 0 spiro atoms. The van der Waals surface area contributed by atoms with Crippen LogP contribution in [0, 0.1) is 12.3 Å². The molecule has 1 rings (SSSR count). The van der Waals surface area contributed by atoms with Gasteiger partial charge in [0.05, 0.1) is 13.2 Å². The highest BCUT2D eigenvalue weighted by Crippen LogP contribution is 2.19. The summed E-state index contributed by atoms with van der Waals surface area (Å²) in [5, 5.41) is 3.16. The van der Waals surface area contributed by atoms with E-state index in [4.69, 9.17) is 11.2 Å². The number of esters is 1. The summed E-state index contributed by atoms with van der Waals surface area (Å²) in [7, 11) is 0. The maximum absolute atomic E-state index is 12.3. The highest BCUT2D eigenvalue weighted by molar-refractivity contribution is 5.81. The van der Waals surface area contributed by atoms with Crippen LogP contribution in [0.1, 0.15) is 25.8 Å². The first kappa shape index (κ1) is 15.3.